The Labute approximate surface area is 94.6 Å². The molecule has 1 rings (SSSR count). The molecule has 4 N–H and O–H groups in total. The van der Waals surface area contributed by atoms with E-state index >= 15 is 0 Å². The molecule has 4 heteroatoms. The standard InChI is InChI=1S/C12H18F2N2/c1-8(4-9(6-15)7-16)11-5-10(13)2-3-12(11)14/h2-3,5,8-9H,4,6-7,15-16H2,1H3. The van der Waals surface area contributed by atoms with Crippen LogP contribution in [0.5, 0.6) is 0 Å². The molecule has 1 atom stereocenters. The third-order valence-electron chi connectivity index (χ3n) is 2.84. The monoisotopic (exact) mass is 228 g/mol. The van der Waals surface area contributed by atoms with Crippen molar-refractivity contribution in [3.05, 3.63) is 35.4 Å². The van der Waals surface area contributed by atoms with Crippen LogP contribution < -0.4 is 11.5 Å². The van der Waals surface area contributed by atoms with Crippen LogP contribution in [-0.4, -0.2) is 13.1 Å². The number of benzene rings is 1. The molecular weight excluding hydrogens is 210 g/mol. The molecule has 0 aromatic heterocycles. The van der Waals surface area contributed by atoms with Gasteiger partial charge in [0, 0.05) is 0 Å². The fourth-order valence-electron chi connectivity index (χ4n) is 1.81. The van der Waals surface area contributed by atoms with E-state index in [2.05, 4.69) is 0 Å². The topological polar surface area (TPSA) is 52.0 Å². The Hall–Kier alpha value is -1.00. The highest BCUT2D eigenvalue weighted by Gasteiger charge is 2.16. The zero-order chi connectivity index (χ0) is 12.1. The van der Waals surface area contributed by atoms with Crippen molar-refractivity contribution in [1.29, 1.82) is 0 Å². The maximum absolute atomic E-state index is 13.4. The van der Waals surface area contributed by atoms with Gasteiger partial charge in [-0.3, -0.25) is 0 Å². The van der Waals surface area contributed by atoms with Crippen molar-refractivity contribution < 1.29 is 8.78 Å². The molecule has 16 heavy (non-hydrogen) atoms. The van der Waals surface area contributed by atoms with Crippen molar-refractivity contribution in [2.75, 3.05) is 13.1 Å². The molecule has 0 radical (unpaired) electrons. The largest absolute Gasteiger partial charge is 0.330 e. The fourth-order valence-corrected chi connectivity index (χ4v) is 1.81. The maximum Gasteiger partial charge on any atom is 0.126 e. The second-order valence-corrected chi connectivity index (χ2v) is 4.14. The molecule has 2 nitrogen and oxygen atoms in total. The van der Waals surface area contributed by atoms with Crippen molar-refractivity contribution in [3.63, 3.8) is 0 Å². The molecule has 1 aromatic rings. The summed E-state index contributed by atoms with van der Waals surface area (Å²) in [6, 6.07) is 3.51. The van der Waals surface area contributed by atoms with Crippen LogP contribution in [0.15, 0.2) is 18.2 Å². The third kappa shape index (κ3) is 3.25. The van der Waals surface area contributed by atoms with E-state index < -0.39 is 5.82 Å². The number of halogens is 2. The predicted octanol–water partition coefficient (Wildman–Crippen LogP) is 1.99. The molecule has 1 aromatic carbocycles. The lowest BCUT2D eigenvalue weighted by Gasteiger charge is -2.18. The molecule has 0 spiro atoms. The van der Waals surface area contributed by atoms with Crippen molar-refractivity contribution in [2.45, 2.75) is 19.3 Å². The van der Waals surface area contributed by atoms with Gasteiger partial charge in [-0.2, -0.15) is 0 Å². The smallest absolute Gasteiger partial charge is 0.126 e. The lowest BCUT2D eigenvalue weighted by atomic mass is 9.90. The van der Waals surface area contributed by atoms with E-state index in [9.17, 15) is 8.78 Å². The number of hydrogen-bond donors (Lipinski definition) is 2. The van der Waals surface area contributed by atoms with E-state index in [0.29, 0.717) is 25.1 Å². The van der Waals surface area contributed by atoms with Crippen molar-refractivity contribution in [3.8, 4) is 0 Å². The van der Waals surface area contributed by atoms with Crippen LogP contribution in [0.2, 0.25) is 0 Å². The lowest BCUT2D eigenvalue weighted by molar-refractivity contribution is 0.452. The molecule has 0 aliphatic rings. The molecule has 0 heterocycles. The number of nitrogens with two attached hydrogens (primary N) is 2. The second kappa shape index (κ2) is 5.92. The van der Waals surface area contributed by atoms with Gasteiger partial charge in [-0.25, -0.2) is 8.78 Å². The van der Waals surface area contributed by atoms with Gasteiger partial charge in [0.25, 0.3) is 0 Å². The lowest BCUT2D eigenvalue weighted by Crippen LogP contribution is -2.24. The maximum atomic E-state index is 13.4. The normalized spacial score (nSPS) is 13.1. The highest BCUT2D eigenvalue weighted by atomic mass is 19.1. The van der Waals surface area contributed by atoms with Crippen LogP contribution in [0, 0.1) is 17.6 Å². The van der Waals surface area contributed by atoms with Gasteiger partial charge in [-0.05, 0) is 55.1 Å². The minimum absolute atomic E-state index is 0.0761. The van der Waals surface area contributed by atoms with E-state index in [4.69, 9.17) is 11.5 Å². The van der Waals surface area contributed by atoms with Gasteiger partial charge < -0.3 is 11.5 Å². The highest BCUT2D eigenvalue weighted by Crippen LogP contribution is 2.25. The molecular formula is C12H18F2N2. The minimum Gasteiger partial charge on any atom is -0.330 e. The summed E-state index contributed by atoms with van der Waals surface area (Å²) in [5.41, 5.74) is 11.5. The third-order valence-corrected chi connectivity index (χ3v) is 2.84. The van der Waals surface area contributed by atoms with Gasteiger partial charge in [-0.15, -0.1) is 0 Å². The summed E-state index contributed by atoms with van der Waals surface area (Å²) in [4.78, 5) is 0. The first kappa shape index (κ1) is 13.1. The van der Waals surface area contributed by atoms with Gasteiger partial charge in [0.2, 0.25) is 0 Å². The first-order chi connectivity index (χ1) is 7.58. The molecule has 0 aliphatic heterocycles. The van der Waals surface area contributed by atoms with Gasteiger partial charge >= 0.3 is 0 Å². The van der Waals surface area contributed by atoms with Gasteiger partial charge in [0.1, 0.15) is 11.6 Å². The van der Waals surface area contributed by atoms with Gasteiger partial charge in [0.05, 0.1) is 0 Å². The number of rotatable bonds is 5. The van der Waals surface area contributed by atoms with Crippen LogP contribution in [0.3, 0.4) is 0 Å². The minimum atomic E-state index is -0.416. The second-order valence-electron chi connectivity index (χ2n) is 4.14. The quantitative estimate of drug-likeness (QED) is 0.809. The Bertz CT molecular complexity index is 338. The van der Waals surface area contributed by atoms with E-state index in [0.717, 1.165) is 12.1 Å². The van der Waals surface area contributed by atoms with Crippen molar-refractivity contribution in [1.82, 2.24) is 0 Å². The van der Waals surface area contributed by atoms with Crippen LogP contribution in [0.25, 0.3) is 0 Å². The SMILES string of the molecule is CC(CC(CN)CN)c1cc(F)ccc1F. The van der Waals surface area contributed by atoms with E-state index in [1.165, 1.54) is 6.07 Å². The first-order valence-electron chi connectivity index (χ1n) is 5.43. The number of hydrogen-bond acceptors (Lipinski definition) is 2. The fraction of sp³-hybridized carbons (Fsp3) is 0.500. The average Bonchev–Trinajstić information content (AvgIpc) is 2.28. The van der Waals surface area contributed by atoms with Crippen LogP contribution >= 0.6 is 0 Å². The summed E-state index contributed by atoms with van der Waals surface area (Å²) in [5.74, 6) is -0.715. The first-order valence-corrected chi connectivity index (χ1v) is 5.43. The van der Waals surface area contributed by atoms with Crippen LogP contribution in [0.1, 0.15) is 24.8 Å². The van der Waals surface area contributed by atoms with Crippen LogP contribution in [0.4, 0.5) is 8.78 Å². The highest BCUT2D eigenvalue weighted by molar-refractivity contribution is 5.22. The summed E-state index contributed by atoms with van der Waals surface area (Å²) < 4.78 is 26.4. The van der Waals surface area contributed by atoms with Gasteiger partial charge in [-0.1, -0.05) is 6.92 Å². The molecule has 0 bridgehead atoms. The molecule has 0 saturated heterocycles. The molecule has 0 aliphatic carbocycles. The van der Waals surface area contributed by atoms with E-state index in [1.54, 1.807) is 0 Å². The van der Waals surface area contributed by atoms with E-state index in [1.807, 2.05) is 6.92 Å². The molecule has 0 amide bonds. The zero-order valence-corrected chi connectivity index (χ0v) is 9.42. The summed E-state index contributed by atoms with van der Waals surface area (Å²) in [5, 5.41) is 0. The Kier molecular flexibility index (Phi) is 4.83. The van der Waals surface area contributed by atoms with Crippen molar-refractivity contribution >= 4 is 0 Å². The summed E-state index contributed by atoms with van der Waals surface area (Å²) >= 11 is 0. The Balaban J connectivity index is 2.79. The molecule has 0 saturated carbocycles. The van der Waals surface area contributed by atoms with Crippen LogP contribution in [-0.2, 0) is 0 Å². The molecule has 0 fully saturated rings. The predicted molar refractivity (Wildman–Crippen MR) is 61.0 cm³/mol. The average molecular weight is 228 g/mol. The van der Waals surface area contributed by atoms with E-state index in [-0.39, 0.29) is 17.7 Å². The van der Waals surface area contributed by atoms with Gasteiger partial charge in [0.15, 0.2) is 0 Å². The molecule has 90 valence electrons. The Morgan fingerprint density at radius 1 is 1.19 bits per heavy atom. The zero-order valence-electron chi connectivity index (χ0n) is 9.42. The summed E-state index contributed by atoms with van der Waals surface area (Å²) in [6.45, 7) is 2.80. The Morgan fingerprint density at radius 2 is 1.81 bits per heavy atom. The molecule has 1 unspecified atom stereocenters. The Morgan fingerprint density at radius 3 is 2.38 bits per heavy atom. The summed E-state index contributed by atoms with van der Waals surface area (Å²) in [7, 11) is 0. The summed E-state index contributed by atoms with van der Waals surface area (Å²) in [6.07, 6.45) is 0.674. The van der Waals surface area contributed by atoms with Crippen molar-refractivity contribution in [2.24, 2.45) is 17.4 Å².